The Hall–Kier alpha value is -2.63. The maximum absolute atomic E-state index is 12.1. The zero-order valence-electron chi connectivity index (χ0n) is 13.4. The molecule has 0 spiro atoms. The standard InChI is InChI=1S/C17H21N3O3/c1-11-3-4-12(9-11)17(23)20-14-6-5-13(10-14)16(22)19-8-7-15(21)18-2/h3,6,9-10H,4-5,7-8H2,1-2H3,(H,18,21)(H,19,22)(H,20,23). The van der Waals surface area contributed by atoms with Crippen LogP contribution in [0.3, 0.4) is 0 Å². The van der Waals surface area contributed by atoms with Gasteiger partial charge in [-0.15, -0.1) is 0 Å². The zero-order valence-corrected chi connectivity index (χ0v) is 13.4. The van der Waals surface area contributed by atoms with Crippen LogP contribution >= 0.6 is 0 Å². The number of rotatable bonds is 6. The van der Waals surface area contributed by atoms with Gasteiger partial charge < -0.3 is 16.0 Å². The van der Waals surface area contributed by atoms with Crippen LogP contribution in [0.15, 0.2) is 46.7 Å². The highest BCUT2D eigenvalue weighted by atomic mass is 16.2. The molecule has 6 nitrogen and oxygen atoms in total. The molecule has 0 saturated heterocycles. The Morgan fingerprint density at radius 1 is 1.04 bits per heavy atom. The molecule has 0 aromatic carbocycles. The SMILES string of the molecule is CNC(=O)CCNC(=O)C1=CC(NC(=O)C2=CC(C)=CC2)=CC1. The second-order valence-corrected chi connectivity index (χ2v) is 5.49. The molecule has 3 amide bonds. The first-order valence-electron chi connectivity index (χ1n) is 7.58. The van der Waals surface area contributed by atoms with Gasteiger partial charge in [0.1, 0.15) is 0 Å². The van der Waals surface area contributed by atoms with Crippen molar-refractivity contribution in [1.82, 2.24) is 16.0 Å². The first kappa shape index (κ1) is 16.7. The van der Waals surface area contributed by atoms with E-state index in [9.17, 15) is 14.4 Å². The van der Waals surface area contributed by atoms with Gasteiger partial charge in [0.15, 0.2) is 0 Å². The van der Waals surface area contributed by atoms with Crippen LogP contribution in [0.2, 0.25) is 0 Å². The summed E-state index contributed by atoms with van der Waals surface area (Å²) in [6.45, 7) is 2.24. The number of amides is 3. The Labute approximate surface area is 135 Å². The lowest BCUT2D eigenvalue weighted by molar-refractivity contribution is -0.121. The lowest BCUT2D eigenvalue weighted by Crippen LogP contribution is -2.30. The Kier molecular flexibility index (Phi) is 5.51. The number of nitrogens with one attached hydrogen (secondary N) is 3. The topological polar surface area (TPSA) is 87.3 Å². The Balaban J connectivity index is 1.81. The van der Waals surface area contributed by atoms with E-state index in [1.54, 1.807) is 19.2 Å². The molecule has 6 heteroatoms. The summed E-state index contributed by atoms with van der Waals surface area (Å²) in [5, 5.41) is 7.99. The molecule has 122 valence electrons. The van der Waals surface area contributed by atoms with E-state index in [1.807, 2.05) is 19.1 Å². The van der Waals surface area contributed by atoms with Gasteiger partial charge >= 0.3 is 0 Å². The molecule has 0 aromatic rings. The average molecular weight is 315 g/mol. The molecule has 0 atom stereocenters. The summed E-state index contributed by atoms with van der Waals surface area (Å²) in [5.41, 5.74) is 3.02. The van der Waals surface area contributed by atoms with Crippen molar-refractivity contribution in [1.29, 1.82) is 0 Å². The van der Waals surface area contributed by atoms with Crippen molar-refractivity contribution in [2.75, 3.05) is 13.6 Å². The molecule has 0 heterocycles. The Morgan fingerprint density at radius 3 is 2.39 bits per heavy atom. The zero-order chi connectivity index (χ0) is 16.8. The molecular weight excluding hydrogens is 294 g/mol. The fourth-order valence-corrected chi connectivity index (χ4v) is 2.33. The fraction of sp³-hybridized carbons (Fsp3) is 0.353. The van der Waals surface area contributed by atoms with Gasteiger partial charge in [-0.1, -0.05) is 23.8 Å². The van der Waals surface area contributed by atoms with Crippen molar-refractivity contribution in [3.8, 4) is 0 Å². The van der Waals surface area contributed by atoms with E-state index >= 15 is 0 Å². The molecule has 0 unspecified atom stereocenters. The average Bonchev–Trinajstić information content (AvgIpc) is 3.16. The largest absolute Gasteiger partial charge is 0.359 e. The molecule has 0 radical (unpaired) electrons. The van der Waals surface area contributed by atoms with E-state index < -0.39 is 0 Å². The number of carbonyl (C=O) groups is 3. The normalized spacial score (nSPS) is 16.1. The van der Waals surface area contributed by atoms with Crippen molar-refractivity contribution in [2.24, 2.45) is 0 Å². The van der Waals surface area contributed by atoms with Crippen molar-refractivity contribution >= 4 is 17.7 Å². The summed E-state index contributed by atoms with van der Waals surface area (Å²) >= 11 is 0. The minimum Gasteiger partial charge on any atom is -0.359 e. The predicted octanol–water partition coefficient (Wildman–Crippen LogP) is 0.845. The molecule has 3 N–H and O–H groups in total. The lowest BCUT2D eigenvalue weighted by atomic mass is 10.2. The molecular formula is C17H21N3O3. The smallest absolute Gasteiger partial charge is 0.251 e. The number of allylic oxidation sites excluding steroid dienone is 5. The molecule has 0 fully saturated rings. The van der Waals surface area contributed by atoms with Crippen LogP contribution in [0.25, 0.3) is 0 Å². The van der Waals surface area contributed by atoms with Crippen molar-refractivity contribution < 1.29 is 14.4 Å². The lowest BCUT2D eigenvalue weighted by Gasteiger charge is -2.05. The second kappa shape index (κ2) is 7.58. The maximum Gasteiger partial charge on any atom is 0.251 e. The number of hydrogen-bond donors (Lipinski definition) is 3. The molecule has 0 aromatic heterocycles. The van der Waals surface area contributed by atoms with Gasteiger partial charge in [-0.25, -0.2) is 0 Å². The monoisotopic (exact) mass is 315 g/mol. The van der Waals surface area contributed by atoms with Crippen LogP contribution in [-0.2, 0) is 14.4 Å². The molecule has 2 rings (SSSR count). The quantitative estimate of drug-likeness (QED) is 0.679. The van der Waals surface area contributed by atoms with Crippen LogP contribution in [0.1, 0.15) is 26.2 Å². The molecule has 0 saturated carbocycles. The Morgan fingerprint density at radius 2 is 1.74 bits per heavy atom. The van der Waals surface area contributed by atoms with Gasteiger partial charge in [0.05, 0.1) is 0 Å². The van der Waals surface area contributed by atoms with Gasteiger partial charge in [-0.05, 0) is 25.8 Å². The predicted molar refractivity (Wildman–Crippen MR) is 87.1 cm³/mol. The van der Waals surface area contributed by atoms with Gasteiger partial charge in [-0.3, -0.25) is 14.4 Å². The first-order chi connectivity index (χ1) is 11.0. The van der Waals surface area contributed by atoms with Crippen LogP contribution in [0.5, 0.6) is 0 Å². The summed E-state index contributed by atoms with van der Waals surface area (Å²) in [5.74, 6) is -0.473. The molecule has 2 aliphatic rings. The second-order valence-electron chi connectivity index (χ2n) is 5.49. The summed E-state index contributed by atoms with van der Waals surface area (Å²) in [6.07, 6.45) is 8.69. The molecule has 0 aliphatic heterocycles. The summed E-state index contributed by atoms with van der Waals surface area (Å²) in [7, 11) is 1.55. The van der Waals surface area contributed by atoms with Crippen LogP contribution in [-0.4, -0.2) is 31.3 Å². The third-order valence-electron chi connectivity index (χ3n) is 3.68. The van der Waals surface area contributed by atoms with Crippen LogP contribution < -0.4 is 16.0 Å². The minimum atomic E-state index is -0.216. The van der Waals surface area contributed by atoms with Crippen molar-refractivity contribution in [3.05, 3.63) is 46.7 Å². The first-order valence-corrected chi connectivity index (χ1v) is 7.58. The number of carbonyl (C=O) groups excluding carboxylic acids is 3. The third kappa shape index (κ3) is 4.67. The van der Waals surface area contributed by atoms with Crippen molar-refractivity contribution in [3.63, 3.8) is 0 Å². The molecule has 0 bridgehead atoms. The number of hydrogen-bond acceptors (Lipinski definition) is 3. The molecule has 2 aliphatic carbocycles. The Bertz CT molecular complexity index is 654. The van der Waals surface area contributed by atoms with E-state index in [-0.39, 0.29) is 30.7 Å². The highest BCUT2D eigenvalue weighted by Gasteiger charge is 2.18. The van der Waals surface area contributed by atoms with Crippen molar-refractivity contribution in [2.45, 2.75) is 26.2 Å². The summed E-state index contributed by atoms with van der Waals surface area (Å²) in [4.78, 5) is 35.1. The maximum atomic E-state index is 12.1. The highest BCUT2D eigenvalue weighted by molar-refractivity contribution is 5.98. The van der Waals surface area contributed by atoms with E-state index in [2.05, 4.69) is 16.0 Å². The van der Waals surface area contributed by atoms with E-state index in [1.165, 1.54) is 0 Å². The fourth-order valence-electron chi connectivity index (χ4n) is 2.33. The van der Waals surface area contributed by atoms with Crippen LogP contribution in [0.4, 0.5) is 0 Å². The minimum absolute atomic E-state index is 0.120. The van der Waals surface area contributed by atoms with E-state index in [0.717, 1.165) is 11.1 Å². The van der Waals surface area contributed by atoms with Gasteiger partial charge in [0.25, 0.3) is 5.91 Å². The highest BCUT2D eigenvalue weighted by Crippen LogP contribution is 2.19. The van der Waals surface area contributed by atoms with Gasteiger partial charge in [-0.2, -0.15) is 0 Å². The third-order valence-corrected chi connectivity index (χ3v) is 3.68. The van der Waals surface area contributed by atoms with Gasteiger partial charge in [0.2, 0.25) is 11.8 Å². The summed E-state index contributed by atoms with van der Waals surface area (Å²) in [6, 6.07) is 0. The van der Waals surface area contributed by atoms with E-state index in [4.69, 9.17) is 0 Å². The van der Waals surface area contributed by atoms with E-state index in [0.29, 0.717) is 24.1 Å². The molecule has 23 heavy (non-hydrogen) atoms. The summed E-state index contributed by atoms with van der Waals surface area (Å²) < 4.78 is 0. The van der Waals surface area contributed by atoms with Gasteiger partial charge in [0, 0.05) is 36.9 Å². The van der Waals surface area contributed by atoms with Crippen LogP contribution in [0, 0.1) is 0 Å².